The Balaban J connectivity index is 1.88. The highest BCUT2D eigenvalue weighted by Crippen LogP contribution is 2.11. The molecule has 0 saturated carbocycles. The van der Waals surface area contributed by atoms with Gasteiger partial charge in [0.05, 0.1) is 19.2 Å². The number of aryl methyl sites for hydroxylation is 2. The topological polar surface area (TPSA) is 84.5 Å². The van der Waals surface area contributed by atoms with Crippen molar-refractivity contribution in [1.82, 2.24) is 5.32 Å². The Morgan fingerprint density at radius 1 is 0.920 bits per heavy atom. The van der Waals surface area contributed by atoms with Gasteiger partial charge in [0.15, 0.2) is 0 Å². The average molecular weight is 340 g/mol. The minimum Gasteiger partial charge on any atom is -0.465 e. The van der Waals surface area contributed by atoms with Crippen LogP contribution in [0.4, 0.5) is 5.69 Å². The van der Waals surface area contributed by atoms with Crippen LogP contribution in [0.25, 0.3) is 0 Å². The fourth-order valence-electron chi connectivity index (χ4n) is 2.16. The van der Waals surface area contributed by atoms with Crippen LogP contribution in [-0.4, -0.2) is 31.4 Å². The first-order valence-corrected chi connectivity index (χ1v) is 7.74. The van der Waals surface area contributed by atoms with E-state index in [0.717, 1.165) is 11.1 Å². The highest BCUT2D eigenvalue weighted by Gasteiger charge is 2.10. The Hall–Kier alpha value is -3.15. The van der Waals surface area contributed by atoms with Crippen molar-refractivity contribution in [2.45, 2.75) is 13.8 Å². The summed E-state index contributed by atoms with van der Waals surface area (Å²) in [5.41, 5.74) is 3.55. The van der Waals surface area contributed by atoms with E-state index >= 15 is 0 Å². The molecule has 0 aromatic heterocycles. The van der Waals surface area contributed by atoms with Gasteiger partial charge in [-0.15, -0.1) is 0 Å². The number of carbonyl (C=O) groups excluding carboxylic acids is 3. The normalized spacial score (nSPS) is 10.0. The van der Waals surface area contributed by atoms with Crippen LogP contribution in [0.5, 0.6) is 0 Å². The molecule has 0 atom stereocenters. The fraction of sp³-hybridized carbons (Fsp3) is 0.211. The summed E-state index contributed by atoms with van der Waals surface area (Å²) < 4.78 is 4.61. The third-order valence-corrected chi connectivity index (χ3v) is 3.77. The van der Waals surface area contributed by atoms with E-state index < -0.39 is 5.97 Å². The van der Waals surface area contributed by atoms with E-state index in [2.05, 4.69) is 15.4 Å². The van der Waals surface area contributed by atoms with Gasteiger partial charge in [0.1, 0.15) is 0 Å². The van der Waals surface area contributed by atoms with Crippen LogP contribution in [0.3, 0.4) is 0 Å². The molecule has 2 rings (SSSR count). The summed E-state index contributed by atoms with van der Waals surface area (Å²) in [6, 6.07) is 11.7. The quantitative estimate of drug-likeness (QED) is 0.819. The summed E-state index contributed by atoms with van der Waals surface area (Å²) in [4.78, 5) is 35.3. The molecule has 0 saturated heterocycles. The maximum Gasteiger partial charge on any atom is 0.337 e. The molecule has 2 N–H and O–H groups in total. The smallest absolute Gasteiger partial charge is 0.337 e. The van der Waals surface area contributed by atoms with E-state index in [4.69, 9.17) is 0 Å². The fourth-order valence-corrected chi connectivity index (χ4v) is 2.16. The lowest BCUT2D eigenvalue weighted by molar-refractivity contribution is -0.115. The molecule has 2 aromatic rings. The van der Waals surface area contributed by atoms with E-state index in [-0.39, 0.29) is 18.4 Å². The molecular weight excluding hydrogens is 320 g/mol. The van der Waals surface area contributed by atoms with E-state index in [1.807, 2.05) is 19.9 Å². The molecule has 0 spiro atoms. The van der Waals surface area contributed by atoms with Crippen molar-refractivity contribution in [3.05, 3.63) is 64.7 Å². The summed E-state index contributed by atoms with van der Waals surface area (Å²) in [5.74, 6) is -1.11. The van der Waals surface area contributed by atoms with Crippen molar-refractivity contribution in [1.29, 1.82) is 0 Å². The molecule has 0 radical (unpaired) electrons. The molecular formula is C19H20N2O4. The number of esters is 1. The predicted molar refractivity (Wildman–Crippen MR) is 94.7 cm³/mol. The van der Waals surface area contributed by atoms with Gasteiger partial charge in [0.2, 0.25) is 5.91 Å². The van der Waals surface area contributed by atoms with Gasteiger partial charge in [-0.1, -0.05) is 6.07 Å². The highest BCUT2D eigenvalue weighted by molar-refractivity contribution is 5.99. The van der Waals surface area contributed by atoms with Crippen molar-refractivity contribution in [2.24, 2.45) is 0 Å². The Labute approximate surface area is 146 Å². The van der Waals surface area contributed by atoms with Crippen LogP contribution in [0.15, 0.2) is 42.5 Å². The van der Waals surface area contributed by atoms with Gasteiger partial charge in [-0.25, -0.2) is 4.79 Å². The van der Waals surface area contributed by atoms with Gasteiger partial charge >= 0.3 is 5.97 Å². The zero-order valence-corrected chi connectivity index (χ0v) is 14.4. The lowest BCUT2D eigenvalue weighted by atomic mass is 10.1. The van der Waals surface area contributed by atoms with Crippen LogP contribution in [-0.2, 0) is 9.53 Å². The van der Waals surface area contributed by atoms with Crippen molar-refractivity contribution in [3.63, 3.8) is 0 Å². The first kappa shape index (κ1) is 18.2. The molecule has 0 aliphatic carbocycles. The van der Waals surface area contributed by atoms with Gasteiger partial charge in [-0.3, -0.25) is 9.59 Å². The number of rotatable bonds is 5. The lowest BCUT2D eigenvalue weighted by Gasteiger charge is -2.08. The first-order valence-electron chi connectivity index (χ1n) is 7.74. The number of amides is 2. The Bertz CT molecular complexity index is 798. The molecule has 0 unspecified atom stereocenters. The lowest BCUT2D eigenvalue weighted by Crippen LogP contribution is -2.32. The second-order valence-corrected chi connectivity index (χ2v) is 5.60. The minimum atomic E-state index is -0.446. The maximum absolute atomic E-state index is 12.1. The number of hydrogen-bond acceptors (Lipinski definition) is 4. The molecule has 0 fully saturated rings. The van der Waals surface area contributed by atoms with Gasteiger partial charge < -0.3 is 15.4 Å². The summed E-state index contributed by atoms with van der Waals surface area (Å²) in [5, 5.41) is 5.23. The second-order valence-electron chi connectivity index (χ2n) is 5.60. The first-order chi connectivity index (χ1) is 11.9. The van der Waals surface area contributed by atoms with E-state index in [9.17, 15) is 14.4 Å². The molecule has 25 heavy (non-hydrogen) atoms. The Morgan fingerprint density at radius 3 is 2.16 bits per heavy atom. The standard InChI is InChI=1S/C19H20N2O4/c1-12-4-5-15(10-13(12)2)18(23)20-11-17(22)21-16-8-6-14(7-9-16)19(24)25-3/h4-10H,11H2,1-3H3,(H,20,23)(H,21,22). The number of carbonyl (C=O) groups is 3. The molecule has 0 heterocycles. The summed E-state index contributed by atoms with van der Waals surface area (Å²) >= 11 is 0. The predicted octanol–water partition coefficient (Wildman–Crippen LogP) is 2.46. The SMILES string of the molecule is COC(=O)c1ccc(NC(=O)CNC(=O)c2ccc(C)c(C)c2)cc1. The highest BCUT2D eigenvalue weighted by atomic mass is 16.5. The van der Waals surface area contributed by atoms with E-state index in [1.165, 1.54) is 7.11 Å². The van der Waals surface area contributed by atoms with Crippen molar-refractivity contribution in [2.75, 3.05) is 19.0 Å². The monoisotopic (exact) mass is 340 g/mol. The molecule has 6 heteroatoms. The summed E-state index contributed by atoms with van der Waals surface area (Å²) in [6.07, 6.45) is 0. The largest absolute Gasteiger partial charge is 0.465 e. The van der Waals surface area contributed by atoms with E-state index in [0.29, 0.717) is 16.8 Å². The van der Waals surface area contributed by atoms with Crippen LogP contribution in [0.1, 0.15) is 31.8 Å². The Kier molecular flexibility index (Phi) is 5.89. The van der Waals surface area contributed by atoms with Crippen molar-refractivity contribution >= 4 is 23.5 Å². The van der Waals surface area contributed by atoms with Crippen LogP contribution in [0, 0.1) is 13.8 Å². The third kappa shape index (κ3) is 4.91. The molecule has 0 aliphatic rings. The van der Waals surface area contributed by atoms with Crippen LogP contribution < -0.4 is 10.6 Å². The minimum absolute atomic E-state index is 0.148. The van der Waals surface area contributed by atoms with E-state index in [1.54, 1.807) is 36.4 Å². The number of methoxy groups -OCH3 is 1. The maximum atomic E-state index is 12.1. The molecule has 6 nitrogen and oxygen atoms in total. The number of ether oxygens (including phenoxy) is 1. The third-order valence-electron chi connectivity index (χ3n) is 3.77. The number of nitrogens with one attached hydrogen (secondary N) is 2. The second kappa shape index (κ2) is 8.10. The molecule has 0 bridgehead atoms. The number of benzene rings is 2. The molecule has 130 valence electrons. The molecule has 2 aromatic carbocycles. The zero-order chi connectivity index (χ0) is 18.4. The number of hydrogen-bond donors (Lipinski definition) is 2. The van der Waals surface area contributed by atoms with Gasteiger partial charge in [-0.05, 0) is 61.4 Å². The summed E-state index contributed by atoms with van der Waals surface area (Å²) in [7, 11) is 1.30. The summed E-state index contributed by atoms with van der Waals surface area (Å²) in [6.45, 7) is 3.75. The van der Waals surface area contributed by atoms with Crippen LogP contribution in [0.2, 0.25) is 0 Å². The van der Waals surface area contributed by atoms with Gasteiger partial charge in [0, 0.05) is 11.3 Å². The van der Waals surface area contributed by atoms with Gasteiger partial charge in [-0.2, -0.15) is 0 Å². The van der Waals surface area contributed by atoms with Gasteiger partial charge in [0.25, 0.3) is 5.91 Å². The Morgan fingerprint density at radius 2 is 1.56 bits per heavy atom. The van der Waals surface area contributed by atoms with Crippen LogP contribution >= 0.6 is 0 Å². The zero-order valence-electron chi connectivity index (χ0n) is 14.4. The molecule has 0 aliphatic heterocycles. The average Bonchev–Trinajstić information content (AvgIpc) is 2.62. The van der Waals surface area contributed by atoms with Crippen molar-refractivity contribution < 1.29 is 19.1 Å². The number of anilines is 1. The molecule has 2 amide bonds. The van der Waals surface area contributed by atoms with Crippen molar-refractivity contribution in [3.8, 4) is 0 Å².